The average Bonchev–Trinajstić information content (AvgIpc) is 2.21. The summed E-state index contributed by atoms with van der Waals surface area (Å²) in [5.74, 6) is -0.950. The van der Waals surface area contributed by atoms with Gasteiger partial charge in [-0.2, -0.15) is 0 Å². The number of amides is 1. The molecular formula is C13H18FNO2. The van der Waals surface area contributed by atoms with E-state index >= 15 is 0 Å². The first kappa shape index (κ1) is 13.6. The van der Waals surface area contributed by atoms with Crippen LogP contribution in [-0.2, 0) is 0 Å². The van der Waals surface area contributed by atoms with Crippen molar-refractivity contribution in [2.75, 3.05) is 6.61 Å². The smallest absolute Gasteiger partial charge is 0.254 e. The number of hydrogen-bond acceptors (Lipinski definition) is 2. The van der Waals surface area contributed by atoms with Gasteiger partial charge < -0.3 is 10.4 Å². The van der Waals surface area contributed by atoms with Crippen LogP contribution in [0.15, 0.2) is 18.2 Å². The van der Waals surface area contributed by atoms with Gasteiger partial charge in [-0.1, -0.05) is 12.1 Å². The molecule has 1 rings (SSSR count). The quantitative estimate of drug-likeness (QED) is 0.844. The monoisotopic (exact) mass is 239 g/mol. The number of rotatable bonds is 4. The number of carbonyl (C=O) groups excluding carboxylic acids is 1. The SMILES string of the molecule is Cc1cccc(C(=O)NC(C)(C)CCO)c1F. The normalized spacial score (nSPS) is 11.4. The minimum absolute atomic E-state index is 0.0242. The van der Waals surface area contributed by atoms with E-state index in [1.54, 1.807) is 32.9 Å². The number of benzene rings is 1. The summed E-state index contributed by atoms with van der Waals surface area (Å²) in [6.07, 6.45) is 0.423. The Morgan fingerprint density at radius 1 is 1.47 bits per heavy atom. The van der Waals surface area contributed by atoms with Gasteiger partial charge in [-0.15, -0.1) is 0 Å². The molecule has 0 aliphatic heterocycles. The summed E-state index contributed by atoms with van der Waals surface area (Å²) in [6, 6.07) is 4.71. The van der Waals surface area contributed by atoms with Gasteiger partial charge in [-0.05, 0) is 38.8 Å². The van der Waals surface area contributed by atoms with Crippen LogP contribution in [0, 0.1) is 12.7 Å². The van der Waals surface area contributed by atoms with E-state index in [0.29, 0.717) is 12.0 Å². The Hall–Kier alpha value is -1.42. The Labute approximate surface area is 101 Å². The zero-order chi connectivity index (χ0) is 13.1. The summed E-state index contributed by atoms with van der Waals surface area (Å²) in [4.78, 5) is 11.9. The number of carbonyl (C=O) groups is 1. The van der Waals surface area contributed by atoms with Crippen LogP contribution in [0.1, 0.15) is 36.2 Å². The summed E-state index contributed by atoms with van der Waals surface area (Å²) in [5, 5.41) is 11.6. The molecule has 0 saturated heterocycles. The van der Waals surface area contributed by atoms with Gasteiger partial charge in [0.25, 0.3) is 5.91 Å². The Balaban J connectivity index is 2.87. The van der Waals surface area contributed by atoms with E-state index in [1.165, 1.54) is 6.07 Å². The minimum Gasteiger partial charge on any atom is -0.396 e. The standard InChI is InChI=1S/C13H18FNO2/c1-9-5-4-6-10(11(9)14)12(17)15-13(2,3)7-8-16/h4-6,16H,7-8H2,1-3H3,(H,15,17). The van der Waals surface area contributed by atoms with E-state index in [9.17, 15) is 9.18 Å². The lowest BCUT2D eigenvalue weighted by molar-refractivity contribution is 0.0895. The third-order valence-corrected chi connectivity index (χ3v) is 2.63. The molecule has 0 atom stereocenters. The molecule has 0 aliphatic carbocycles. The van der Waals surface area contributed by atoms with Crippen LogP contribution < -0.4 is 5.32 Å². The van der Waals surface area contributed by atoms with Gasteiger partial charge in [0, 0.05) is 12.1 Å². The molecule has 0 heterocycles. The number of aliphatic hydroxyl groups excluding tert-OH is 1. The van der Waals surface area contributed by atoms with Crippen LogP contribution in [-0.4, -0.2) is 23.2 Å². The highest BCUT2D eigenvalue weighted by atomic mass is 19.1. The van der Waals surface area contributed by atoms with Crippen LogP contribution >= 0.6 is 0 Å². The van der Waals surface area contributed by atoms with Crippen molar-refractivity contribution in [2.24, 2.45) is 0 Å². The number of aliphatic hydroxyl groups is 1. The largest absolute Gasteiger partial charge is 0.396 e. The molecule has 0 unspecified atom stereocenters. The fourth-order valence-corrected chi connectivity index (χ4v) is 1.54. The molecule has 1 aromatic carbocycles. The molecule has 0 bridgehead atoms. The minimum atomic E-state index is -0.554. The van der Waals surface area contributed by atoms with Gasteiger partial charge in [0.05, 0.1) is 5.56 Å². The molecule has 0 aliphatic rings. The molecule has 1 aromatic rings. The molecule has 1 amide bonds. The van der Waals surface area contributed by atoms with Crippen molar-refractivity contribution in [2.45, 2.75) is 32.7 Å². The maximum absolute atomic E-state index is 13.7. The van der Waals surface area contributed by atoms with Crippen molar-refractivity contribution in [3.05, 3.63) is 35.1 Å². The summed E-state index contributed by atoms with van der Waals surface area (Å²) < 4.78 is 13.7. The van der Waals surface area contributed by atoms with Crippen LogP contribution in [0.5, 0.6) is 0 Å². The Kier molecular flexibility index (Phi) is 4.23. The number of halogens is 1. The maximum Gasteiger partial charge on any atom is 0.254 e. The Morgan fingerprint density at radius 2 is 2.12 bits per heavy atom. The number of nitrogens with one attached hydrogen (secondary N) is 1. The van der Waals surface area contributed by atoms with Crippen LogP contribution in [0.25, 0.3) is 0 Å². The van der Waals surface area contributed by atoms with E-state index in [0.717, 1.165) is 0 Å². The molecule has 0 saturated carbocycles. The molecule has 0 aromatic heterocycles. The molecule has 0 spiro atoms. The Morgan fingerprint density at radius 3 is 2.71 bits per heavy atom. The predicted molar refractivity (Wildman–Crippen MR) is 64.4 cm³/mol. The lowest BCUT2D eigenvalue weighted by atomic mass is 10.00. The maximum atomic E-state index is 13.7. The molecule has 0 fully saturated rings. The molecular weight excluding hydrogens is 221 g/mol. The molecule has 94 valence electrons. The van der Waals surface area contributed by atoms with Crippen molar-refractivity contribution in [3.8, 4) is 0 Å². The van der Waals surface area contributed by atoms with Crippen molar-refractivity contribution >= 4 is 5.91 Å². The first-order valence-electron chi connectivity index (χ1n) is 5.56. The first-order valence-corrected chi connectivity index (χ1v) is 5.56. The second-order valence-electron chi connectivity index (χ2n) is 4.75. The fourth-order valence-electron chi connectivity index (χ4n) is 1.54. The van der Waals surface area contributed by atoms with E-state index in [-0.39, 0.29) is 12.2 Å². The summed E-state index contributed by atoms with van der Waals surface area (Å²) in [5.41, 5.74) is -0.0733. The first-order chi connectivity index (χ1) is 7.87. The second kappa shape index (κ2) is 5.27. The lowest BCUT2D eigenvalue weighted by Crippen LogP contribution is -2.44. The number of aryl methyl sites for hydroxylation is 1. The third kappa shape index (κ3) is 3.53. The van der Waals surface area contributed by atoms with Gasteiger partial charge in [-0.3, -0.25) is 4.79 Å². The fraction of sp³-hybridized carbons (Fsp3) is 0.462. The highest BCUT2D eigenvalue weighted by Gasteiger charge is 2.22. The third-order valence-electron chi connectivity index (χ3n) is 2.63. The molecule has 3 nitrogen and oxygen atoms in total. The molecule has 17 heavy (non-hydrogen) atoms. The predicted octanol–water partition coefficient (Wildman–Crippen LogP) is 2.02. The summed E-state index contributed by atoms with van der Waals surface area (Å²) >= 11 is 0. The average molecular weight is 239 g/mol. The lowest BCUT2D eigenvalue weighted by Gasteiger charge is -2.25. The van der Waals surface area contributed by atoms with E-state index in [1.807, 2.05) is 0 Å². The van der Waals surface area contributed by atoms with Crippen molar-refractivity contribution in [1.29, 1.82) is 0 Å². The van der Waals surface area contributed by atoms with Gasteiger partial charge in [0.1, 0.15) is 5.82 Å². The molecule has 0 radical (unpaired) electrons. The molecule has 4 heteroatoms. The van der Waals surface area contributed by atoms with Gasteiger partial charge in [0.15, 0.2) is 0 Å². The van der Waals surface area contributed by atoms with Crippen molar-refractivity contribution < 1.29 is 14.3 Å². The van der Waals surface area contributed by atoms with Crippen LogP contribution in [0.2, 0.25) is 0 Å². The van der Waals surface area contributed by atoms with Crippen molar-refractivity contribution in [3.63, 3.8) is 0 Å². The van der Waals surface area contributed by atoms with Crippen molar-refractivity contribution in [1.82, 2.24) is 5.32 Å². The summed E-state index contributed by atoms with van der Waals surface area (Å²) in [7, 11) is 0. The second-order valence-corrected chi connectivity index (χ2v) is 4.75. The van der Waals surface area contributed by atoms with Gasteiger partial charge in [-0.25, -0.2) is 4.39 Å². The van der Waals surface area contributed by atoms with E-state index < -0.39 is 17.3 Å². The Bertz CT molecular complexity index is 416. The zero-order valence-corrected chi connectivity index (χ0v) is 10.4. The number of hydrogen-bond donors (Lipinski definition) is 2. The van der Waals surface area contributed by atoms with Gasteiger partial charge >= 0.3 is 0 Å². The van der Waals surface area contributed by atoms with E-state index in [2.05, 4.69) is 5.32 Å². The van der Waals surface area contributed by atoms with Crippen LogP contribution in [0.4, 0.5) is 4.39 Å². The highest BCUT2D eigenvalue weighted by Crippen LogP contribution is 2.14. The zero-order valence-electron chi connectivity index (χ0n) is 10.4. The van der Waals surface area contributed by atoms with E-state index in [4.69, 9.17) is 5.11 Å². The highest BCUT2D eigenvalue weighted by molar-refractivity contribution is 5.95. The van der Waals surface area contributed by atoms with Crippen LogP contribution in [0.3, 0.4) is 0 Å². The topological polar surface area (TPSA) is 49.3 Å². The molecule has 2 N–H and O–H groups in total. The van der Waals surface area contributed by atoms with Gasteiger partial charge in [0.2, 0.25) is 0 Å². The summed E-state index contributed by atoms with van der Waals surface area (Å²) in [6.45, 7) is 5.16.